The maximum absolute atomic E-state index is 8.76. The van der Waals surface area contributed by atoms with Crippen LogP contribution in [0.4, 0.5) is 0 Å². The van der Waals surface area contributed by atoms with Crippen LogP contribution < -0.4 is 5.73 Å². The minimum Gasteiger partial charge on any atom is -0.340 e. The molecule has 0 amide bonds. The van der Waals surface area contributed by atoms with E-state index in [1.165, 1.54) is 0 Å². The molecule has 0 fully saturated rings. The summed E-state index contributed by atoms with van der Waals surface area (Å²) in [6, 6.07) is 2.20. The van der Waals surface area contributed by atoms with Crippen molar-refractivity contribution in [1.82, 2.24) is 19.1 Å². The molecule has 0 spiro atoms. The topological polar surface area (TPSA) is 85.5 Å². The highest BCUT2D eigenvalue weighted by Gasteiger charge is 2.22. The van der Waals surface area contributed by atoms with E-state index in [-0.39, 0.29) is 5.41 Å². The van der Waals surface area contributed by atoms with Gasteiger partial charge >= 0.3 is 0 Å². The molecule has 0 aliphatic heterocycles. The van der Waals surface area contributed by atoms with Crippen molar-refractivity contribution in [3.05, 3.63) is 36.4 Å². The lowest BCUT2D eigenvalue weighted by atomic mass is 9.90. The van der Waals surface area contributed by atoms with E-state index in [4.69, 9.17) is 11.0 Å². The summed E-state index contributed by atoms with van der Waals surface area (Å²) < 4.78 is 3.78. The number of nitrogens with zero attached hydrogens (tertiary/aromatic N) is 5. The molecule has 0 unspecified atom stereocenters. The molecule has 0 saturated carbocycles. The van der Waals surface area contributed by atoms with Gasteiger partial charge in [-0.25, -0.2) is 9.97 Å². The first-order valence-corrected chi connectivity index (χ1v) is 7.20. The fourth-order valence-corrected chi connectivity index (χ4v) is 1.66. The summed E-state index contributed by atoms with van der Waals surface area (Å²) >= 11 is 0. The van der Waals surface area contributed by atoms with Gasteiger partial charge in [-0.1, -0.05) is 13.8 Å². The molecule has 0 aliphatic carbocycles. The number of nitriles is 1. The normalized spacial score (nSPS) is 11.5. The van der Waals surface area contributed by atoms with Crippen LogP contribution in [0.1, 0.15) is 39.1 Å². The second kappa shape index (κ2) is 6.75. The number of aromatic nitrogens is 4. The van der Waals surface area contributed by atoms with Crippen LogP contribution in [0.15, 0.2) is 25.0 Å². The Hall–Kier alpha value is -2.13. The number of aryl methyl sites for hydroxylation is 2. The summed E-state index contributed by atoms with van der Waals surface area (Å²) in [4.78, 5) is 8.34. The Morgan fingerprint density at radius 2 is 1.50 bits per heavy atom. The highest BCUT2D eigenvalue weighted by atomic mass is 15.0. The van der Waals surface area contributed by atoms with E-state index in [1.807, 2.05) is 49.5 Å². The maximum atomic E-state index is 8.76. The van der Waals surface area contributed by atoms with Crippen LogP contribution in [-0.2, 0) is 24.9 Å². The van der Waals surface area contributed by atoms with Crippen molar-refractivity contribution >= 4 is 0 Å². The standard InChI is InChI=1S/C8H15N3.C8H11N3/c2*1-8(2,5-9)7-4-11(3)6-10-7/h4,6H,5,9H2,1-3H3;4,6H,1-3H3. The number of hydrogen-bond acceptors (Lipinski definition) is 4. The Kier molecular flexibility index (Phi) is 5.50. The molecule has 2 rings (SSSR count). The summed E-state index contributed by atoms with van der Waals surface area (Å²) in [6.45, 7) is 8.53. The van der Waals surface area contributed by atoms with E-state index in [0.29, 0.717) is 6.54 Å². The van der Waals surface area contributed by atoms with E-state index in [2.05, 4.69) is 29.9 Å². The van der Waals surface area contributed by atoms with Crippen molar-refractivity contribution in [2.75, 3.05) is 6.54 Å². The largest absolute Gasteiger partial charge is 0.340 e. The predicted octanol–water partition coefficient (Wildman–Crippen LogP) is 1.88. The van der Waals surface area contributed by atoms with E-state index < -0.39 is 5.41 Å². The van der Waals surface area contributed by atoms with Crippen LogP contribution in [-0.4, -0.2) is 25.6 Å². The van der Waals surface area contributed by atoms with Crippen molar-refractivity contribution in [3.63, 3.8) is 0 Å². The highest BCUT2D eigenvalue weighted by Crippen LogP contribution is 2.19. The van der Waals surface area contributed by atoms with Crippen molar-refractivity contribution in [2.24, 2.45) is 19.8 Å². The van der Waals surface area contributed by atoms with Crippen LogP contribution in [0.2, 0.25) is 0 Å². The first-order valence-electron chi connectivity index (χ1n) is 7.20. The van der Waals surface area contributed by atoms with Gasteiger partial charge in [-0.15, -0.1) is 0 Å². The SMILES string of the molecule is Cn1cnc(C(C)(C)C#N)c1.Cn1cnc(C(C)(C)CN)c1. The molecule has 22 heavy (non-hydrogen) atoms. The highest BCUT2D eigenvalue weighted by molar-refractivity contribution is 5.20. The molecular weight excluding hydrogens is 276 g/mol. The van der Waals surface area contributed by atoms with Crippen molar-refractivity contribution in [3.8, 4) is 6.07 Å². The Labute approximate surface area is 132 Å². The summed E-state index contributed by atoms with van der Waals surface area (Å²) in [5.41, 5.74) is 7.01. The lowest BCUT2D eigenvalue weighted by Crippen LogP contribution is -2.28. The molecule has 2 heterocycles. The third kappa shape index (κ3) is 4.43. The molecule has 0 radical (unpaired) electrons. The molecule has 0 bridgehead atoms. The molecule has 0 aromatic carbocycles. The number of rotatable bonds is 3. The second-order valence-corrected chi connectivity index (χ2v) is 6.67. The average Bonchev–Trinajstić information content (AvgIpc) is 3.09. The fraction of sp³-hybridized carbons (Fsp3) is 0.562. The molecule has 0 aliphatic rings. The van der Waals surface area contributed by atoms with Gasteiger partial charge in [0.2, 0.25) is 0 Å². The molecular formula is C16H26N6. The summed E-state index contributed by atoms with van der Waals surface area (Å²) in [5, 5.41) is 8.76. The number of nitrogens with two attached hydrogens (primary N) is 1. The molecule has 6 nitrogen and oxygen atoms in total. The van der Waals surface area contributed by atoms with Gasteiger partial charge in [-0.05, 0) is 13.8 Å². The lowest BCUT2D eigenvalue weighted by Gasteiger charge is -2.18. The van der Waals surface area contributed by atoms with E-state index in [9.17, 15) is 0 Å². The van der Waals surface area contributed by atoms with Crippen LogP contribution in [0.5, 0.6) is 0 Å². The van der Waals surface area contributed by atoms with Crippen LogP contribution in [0, 0.1) is 11.3 Å². The first kappa shape index (κ1) is 17.9. The zero-order chi connectivity index (χ0) is 17.0. The van der Waals surface area contributed by atoms with Gasteiger partial charge in [-0.3, -0.25) is 0 Å². The monoisotopic (exact) mass is 302 g/mol. The van der Waals surface area contributed by atoms with Crippen LogP contribution in [0.3, 0.4) is 0 Å². The van der Waals surface area contributed by atoms with Gasteiger partial charge in [0.05, 0.1) is 35.5 Å². The molecule has 6 heteroatoms. The zero-order valence-corrected chi connectivity index (χ0v) is 14.3. The number of imidazole rings is 2. The Balaban J connectivity index is 0.000000220. The van der Waals surface area contributed by atoms with Gasteiger partial charge in [-0.2, -0.15) is 5.26 Å². The smallest absolute Gasteiger partial charge is 0.0952 e. The van der Waals surface area contributed by atoms with Gasteiger partial charge in [0.25, 0.3) is 0 Å². The lowest BCUT2D eigenvalue weighted by molar-refractivity contribution is 0.524. The molecule has 120 valence electrons. The van der Waals surface area contributed by atoms with Crippen molar-refractivity contribution in [2.45, 2.75) is 38.5 Å². The molecule has 2 N–H and O–H groups in total. The predicted molar refractivity (Wildman–Crippen MR) is 87.1 cm³/mol. The number of hydrogen-bond donors (Lipinski definition) is 1. The second-order valence-electron chi connectivity index (χ2n) is 6.67. The summed E-state index contributed by atoms with van der Waals surface area (Å²) in [7, 11) is 3.85. The summed E-state index contributed by atoms with van der Waals surface area (Å²) in [6.07, 6.45) is 7.37. The van der Waals surface area contributed by atoms with Gasteiger partial charge in [0, 0.05) is 38.4 Å². The minimum atomic E-state index is -0.471. The van der Waals surface area contributed by atoms with Gasteiger partial charge in [0.15, 0.2) is 0 Å². The summed E-state index contributed by atoms with van der Waals surface area (Å²) in [5.74, 6) is 0. The third-order valence-corrected chi connectivity index (χ3v) is 3.53. The van der Waals surface area contributed by atoms with Gasteiger partial charge in [0.1, 0.15) is 0 Å². The molecule has 2 aromatic heterocycles. The molecule has 0 atom stereocenters. The maximum Gasteiger partial charge on any atom is 0.0952 e. The quantitative estimate of drug-likeness (QED) is 0.938. The van der Waals surface area contributed by atoms with Gasteiger partial charge < -0.3 is 14.9 Å². The Morgan fingerprint density at radius 1 is 1.05 bits per heavy atom. The average molecular weight is 302 g/mol. The minimum absolute atomic E-state index is 0.00125. The fourth-order valence-electron chi connectivity index (χ4n) is 1.66. The van der Waals surface area contributed by atoms with Crippen molar-refractivity contribution in [1.29, 1.82) is 5.26 Å². The van der Waals surface area contributed by atoms with Crippen LogP contribution in [0.25, 0.3) is 0 Å². The van der Waals surface area contributed by atoms with E-state index in [1.54, 1.807) is 12.7 Å². The van der Waals surface area contributed by atoms with Crippen molar-refractivity contribution < 1.29 is 0 Å². The Bertz CT molecular complexity index is 642. The van der Waals surface area contributed by atoms with Crippen LogP contribution >= 0.6 is 0 Å². The third-order valence-electron chi connectivity index (χ3n) is 3.53. The zero-order valence-electron chi connectivity index (χ0n) is 14.3. The molecule has 0 saturated heterocycles. The first-order chi connectivity index (χ1) is 10.1. The van der Waals surface area contributed by atoms with E-state index >= 15 is 0 Å². The van der Waals surface area contributed by atoms with E-state index in [0.717, 1.165) is 11.4 Å². The molecule has 2 aromatic rings. The Morgan fingerprint density at radius 3 is 1.82 bits per heavy atom.